The minimum Gasteiger partial charge on any atom is -0.444 e. The largest absolute Gasteiger partial charge is 0.444 e. The number of likely N-dealkylation sites (tertiary alicyclic amines) is 1. The zero-order valence-electron chi connectivity index (χ0n) is 14.8. The van der Waals surface area contributed by atoms with Crippen LogP contribution in [0.15, 0.2) is 18.2 Å². The van der Waals surface area contributed by atoms with Crippen LogP contribution in [0.25, 0.3) is 0 Å². The molecule has 1 amide bonds. The summed E-state index contributed by atoms with van der Waals surface area (Å²) in [6, 6.07) is 1.94. The van der Waals surface area contributed by atoms with Gasteiger partial charge in [-0.05, 0) is 57.7 Å². The lowest BCUT2D eigenvalue weighted by Gasteiger charge is -2.33. The fraction of sp³-hybridized carbons (Fsp3) is 0.611. The third-order valence-corrected chi connectivity index (χ3v) is 4.15. The summed E-state index contributed by atoms with van der Waals surface area (Å²) in [5.41, 5.74) is 5.78. The maximum atomic E-state index is 13.3. The van der Waals surface area contributed by atoms with Crippen molar-refractivity contribution in [2.45, 2.75) is 63.8 Å². The molecular formula is C18H26F2N2O3. The van der Waals surface area contributed by atoms with Crippen LogP contribution < -0.4 is 5.73 Å². The summed E-state index contributed by atoms with van der Waals surface area (Å²) in [7, 11) is 0. The molecule has 0 spiro atoms. The first-order valence-electron chi connectivity index (χ1n) is 8.45. The Hall–Kier alpha value is -1.73. The topological polar surface area (TPSA) is 75.8 Å². The number of hydrogen-bond acceptors (Lipinski definition) is 4. The monoisotopic (exact) mass is 356 g/mol. The van der Waals surface area contributed by atoms with Gasteiger partial charge in [-0.1, -0.05) is 0 Å². The average molecular weight is 356 g/mol. The summed E-state index contributed by atoms with van der Waals surface area (Å²) in [6.45, 7) is 5.81. The number of nitrogens with two attached hydrogens (primary N) is 1. The predicted octanol–water partition coefficient (Wildman–Crippen LogP) is 2.60. The second kappa shape index (κ2) is 7.66. The summed E-state index contributed by atoms with van der Waals surface area (Å²) in [4.78, 5) is 13.8. The zero-order chi connectivity index (χ0) is 18.8. The van der Waals surface area contributed by atoms with E-state index in [-0.39, 0.29) is 6.42 Å². The fourth-order valence-electron chi connectivity index (χ4n) is 3.10. The fourth-order valence-corrected chi connectivity index (χ4v) is 3.10. The van der Waals surface area contributed by atoms with Crippen LogP contribution >= 0.6 is 0 Å². The standard InChI is InChI=1S/C18H26F2N2O3/c1-18(2,3)25-17(24)22-6-4-5-15(22)16(23)14(21)9-11-7-12(19)10-13(20)8-11/h7-8,10,14-16,23H,4-6,9,21H2,1-3H3/t14-,15-,16-/m0/s1. The van der Waals surface area contributed by atoms with Gasteiger partial charge in [-0.3, -0.25) is 0 Å². The summed E-state index contributed by atoms with van der Waals surface area (Å²) in [6.07, 6.45) is -0.0537. The SMILES string of the molecule is CC(C)(C)OC(=O)N1CCC[C@H]1[C@@H](O)[C@@H](N)Cc1cc(F)cc(F)c1. The zero-order valence-corrected chi connectivity index (χ0v) is 14.8. The van der Waals surface area contributed by atoms with E-state index >= 15 is 0 Å². The van der Waals surface area contributed by atoms with Crippen LogP contribution in [0.3, 0.4) is 0 Å². The maximum Gasteiger partial charge on any atom is 0.410 e. The molecule has 3 N–H and O–H groups in total. The molecular weight excluding hydrogens is 330 g/mol. The molecule has 1 heterocycles. The quantitative estimate of drug-likeness (QED) is 0.869. The van der Waals surface area contributed by atoms with Crippen molar-refractivity contribution in [1.29, 1.82) is 0 Å². The highest BCUT2D eigenvalue weighted by Gasteiger charge is 2.38. The van der Waals surface area contributed by atoms with E-state index in [1.54, 1.807) is 20.8 Å². The van der Waals surface area contributed by atoms with Crippen molar-refractivity contribution >= 4 is 6.09 Å². The minimum absolute atomic E-state index is 0.106. The second-order valence-electron chi connectivity index (χ2n) is 7.52. The molecule has 1 aromatic carbocycles. The van der Waals surface area contributed by atoms with Gasteiger partial charge in [0.25, 0.3) is 0 Å². The Bertz CT molecular complexity index is 599. The molecule has 5 nitrogen and oxygen atoms in total. The van der Waals surface area contributed by atoms with Gasteiger partial charge in [0.05, 0.1) is 12.1 Å². The van der Waals surface area contributed by atoms with Gasteiger partial charge in [-0.2, -0.15) is 0 Å². The predicted molar refractivity (Wildman–Crippen MR) is 90.0 cm³/mol. The lowest BCUT2D eigenvalue weighted by Crippen LogP contribution is -2.52. The van der Waals surface area contributed by atoms with Crippen LogP contribution in [0.4, 0.5) is 13.6 Å². The van der Waals surface area contributed by atoms with Gasteiger partial charge in [0.1, 0.15) is 17.2 Å². The van der Waals surface area contributed by atoms with Crippen molar-refractivity contribution in [3.05, 3.63) is 35.4 Å². The normalized spacial score (nSPS) is 20.4. The van der Waals surface area contributed by atoms with Crippen LogP contribution in [0, 0.1) is 11.6 Å². The molecule has 0 saturated carbocycles. The first-order valence-corrected chi connectivity index (χ1v) is 8.45. The van der Waals surface area contributed by atoms with Crippen LogP contribution in [0.1, 0.15) is 39.2 Å². The number of amides is 1. The van der Waals surface area contributed by atoms with E-state index in [2.05, 4.69) is 0 Å². The molecule has 0 radical (unpaired) electrons. The number of aliphatic hydroxyl groups excluding tert-OH is 1. The van der Waals surface area contributed by atoms with Gasteiger partial charge in [0, 0.05) is 18.7 Å². The summed E-state index contributed by atoms with van der Waals surface area (Å²) in [5, 5.41) is 10.6. The van der Waals surface area contributed by atoms with Crippen molar-refractivity contribution in [1.82, 2.24) is 4.90 Å². The number of aliphatic hydroxyl groups is 1. The molecule has 7 heteroatoms. The van der Waals surface area contributed by atoms with Crippen molar-refractivity contribution in [2.24, 2.45) is 5.73 Å². The van der Waals surface area contributed by atoms with Crippen LogP contribution in [-0.4, -0.2) is 46.4 Å². The van der Waals surface area contributed by atoms with E-state index in [9.17, 15) is 18.7 Å². The molecule has 0 aliphatic carbocycles. The molecule has 0 bridgehead atoms. The number of benzene rings is 1. The van der Waals surface area contributed by atoms with Crippen LogP contribution in [0.5, 0.6) is 0 Å². The lowest BCUT2D eigenvalue weighted by atomic mass is 9.95. The minimum atomic E-state index is -1.01. The summed E-state index contributed by atoms with van der Waals surface area (Å²) in [5.74, 6) is -1.37. The molecule has 0 aromatic heterocycles. The maximum absolute atomic E-state index is 13.3. The Morgan fingerprint density at radius 2 is 1.96 bits per heavy atom. The molecule has 1 fully saturated rings. The van der Waals surface area contributed by atoms with E-state index in [1.807, 2.05) is 0 Å². The smallest absolute Gasteiger partial charge is 0.410 e. The Labute approximate surface area is 146 Å². The molecule has 1 saturated heterocycles. The number of halogens is 2. The van der Waals surface area contributed by atoms with E-state index in [0.29, 0.717) is 18.5 Å². The molecule has 3 atom stereocenters. The van der Waals surface area contributed by atoms with Crippen molar-refractivity contribution in [3.8, 4) is 0 Å². The van der Waals surface area contributed by atoms with E-state index in [1.165, 1.54) is 17.0 Å². The second-order valence-corrected chi connectivity index (χ2v) is 7.52. The van der Waals surface area contributed by atoms with Crippen molar-refractivity contribution in [3.63, 3.8) is 0 Å². The Morgan fingerprint density at radius 3 is 2.52 bits per heavy atom. The molecule has 1 aliphatic rings. The molecule has 1 aliphatic heterocycles. The van der Waals surface area contributed by atoms with Gasteiger partial charge in [-0.15, -0.1) is 0 Å². The lowest BCUT2D eigenvalue weighted by molar-refractivity contribution is 0.000865. The Balaban J connectivity index is 2.04. The van der Waals surface area contributed by atoms with Crippen molar-refractivity contribution in [2.75, 3.05) is 6.54 Å². The van der Waals surface area contributed by atoms with E-state index < -0.39 is 41.5 Å². The third kappa shape index (κ3) is 5.37. The average Bonchev–Trinajstić information content (AvgIpc) is 2.92. The number of nitrogens with zero attached hydrogens (tertiary/aromatic N) is 1. The Morgan fingerprint density at radius 1 is 1.36 bits per heavy atom. The number of hydrogen-bond donors (Lipinski definition) is 2. The van der Waals surface area contributed by atoms with Gasteiger partial charge in [0.15, 0.2) is 0 Å². The van der Waals surface area contributed by atoms with E-state index in [4.69, 9.17) is 10.5 Å². The highest BCUT2D eigenvalue weighted by atomic mass is 19.1. The third-order valence-electron chi connectivity index (χ3n) is 4.15. The summed E-state index contributed by atoms with van der Waals surface area (Å²) < 4.78 is 32.0. The molecule has 140 valence electrons. The first-order chi connectivity index (χ1) is 11.6. The highest BCUT2D eigenvalue weighted by Crippen LogP contribution is 2.25. The van der Waals surface area contributed by atoms with Crippen LogP contribution in [0.2, 0.25) is 0 Å². The molecule has 25 heavy (non-hydrogen) atoms. The van der Waals surface area contributed by atoms with Gasteiger partial charge in [0.2, 0.25) is 0 Å². The number of carbonyl (C=O) groups is 1. The van der Waals surface area contributed by atoms with Gasteiger partial charge < -0.3 is 20.5 Å². The molecule has 0 unspecified atom stereocenters. The summed E-state index contributed by atoms with van der Waals surface area (Å²) >= 11 is 0. The number of ether oxygens (including phenoxy) is 1. The highest BCUT2D eigenvalue weighted by molar-refractivity contribution is 5.69. The molecule has 1 aromatic rings. The van der Waals surface area contributed by atoms with Crippen molar-refractivity contribution < 1.29 is 23.4 Å². The number of carbonyl (C=O) groups excluding carboxylic acids is 1. The van der Waals surface area contributed by atoms with E-state index in [0.717, 1.165) is 12.5 Å². The van der Waals surface area contributed by atoms with Gasteiger partial charge >= 0.3 is 6.09 Å². The van der Waals surface area contributed by atoms with Gasteiger partial charge in [-0.25, -0.2) is 13.6 Å². The first kappa shape index (κ1) is 19.6. The number of rotatable bonds is 4. The Kier molecular flexibility index (Phi) is 6.00. The molecule has 2 rings (SSSR count). The van der Waals surface area contributed by atoms with Crippen LogP contribution in [-0.2, 0) is 11.2 Å².